The number of benzene rings is 1. The molecule has 3 aliphatic rings. The molecule has 1 aliphatic heterocycles. The topological polar surface area (TPSA) is 181 Å². The van der Waals surface area contributed by atoms with Crippen molar-refractivity contribution in [1.82, 2.24) is 14.9 Å². The zero-order valence-electron chi connectivity index (χ0n) is 26.5. The lowest BCUT2D eigenvalue weighted by molar-refractivity contribution is -0.385. The third-order valence-corrected chi connectivity index (χ3v) is 9.31. The van der Waals surface area contributed by atoms with E-state index >= 15 is 4.39 Å². The average molecular weight is 671 g/mol. The fourth-order valence-corrected chi connectivity index (χ4v) is 7.45. The van der Waals surface area contributed by atoms with Gasteiger partial charge in [0.25, 0.3) is 5.69 Å². The standard InChI is InChI=1S/C32H36ClFN6O7/c1-17(27-21(34)11-14-39(27)30(42)47-31(2,3)4)46-24-15-23(33)36-29(37-24)26(38-43)19-8-6-13-32(28(19)41)12-5-7-18-9-10-22(40(44)45)20(16-35)25(18)32/h9-10,15,17,19,21,27,43H,5-8,11-14H2,1-4H3/b38-26-/t17?,19?,21-,27+,32?/m0/s1. The normalized spacial score (nSPS) is 25.2. The van der Waals surface area contributed by atoms with Crippen LogP contribution in [0.5, 0.6) is 5.88 Å². The van der Waals surface area contributed by atoms with Crippen LogP contribution in [0.25, 0.3) is 0 Å². The molecule has 0 radical (unpaired) electrons. The van der Waals surface area contributed by atoms with Gasteiger partial charge in [0, 0.05) is 18.7 Å². The Morgan fingerprint density at radius 2 is 2.02 bits per heavy atom. The fourth-order valence-electron chi connectivity index (χ4n) is 7.27. The molecule has 1 saturated carbocycles. The van der Waals surface area contributed by atoms with E-state index < -0.39 is 46.3 Å². The van der Waals surface area contributed by atoms with Gasteiger partial charge >= 0.3 is 6.09 Å². The first-order valence-corrected chi connectivity index (χ1v) is 15.9. The van der Waals surface area contributed by atoms with E-state index in [0.29, 0.717) is 43.2 Å². The molecule has 5 rings (SSSR count). The van der Waals surface area contributed by atoms with Gasteiger partial charge in [-0.15, -0.1) is 0 Å². The van der Waals surface area contributed by atoms with Crippen LogP contribution in [0, 0.1) is 27.4 Å². The van der Waals surface area contributed by atoms with E-state index in [1.807, 2.05) is 6.07 Å². The number of likely N-dealkylation sites (tertiary alicyclic amines) is 1. The first-order valence-electron chi connectivity index (χ1n) is 15.5. The molecule has 2 fully saturated rings. The summed E-state index contributed by atoms with van der Waals surface area (Å²) in [5.41, 5.74) is -1.60. The average Bonchev–Trinajstić information content (AvgIpc) is 3.39. The van der Waals surface area contributed by atoms with Crippen molar-refractivity contribution in [2.24, 2.45) is 11.1 Å². The number of nitro groups is 1. The van der Waals surface area contributed by atoms with Gasteiger partial charge in [0.1, 0.15) is 46.4 Å². The molecule has 15 heteroatoms. The Kier molecular flexibility index (Phi) is 9.41. The highest BCUT2D eigenvalue weighted by Gasteiger charge is 2.52. The lowest BCUT2D eigenvalue weighted by Crippen LogP contribution is -2.49. The van der Waals surface area contributed by atoms with E-state index in [0.717, 1.165) is 0 Å². The number of carbonyl (C=O) groups excluding carboxylic acids is 2. The van der Waals surface area contributed by atoms with Gasteiger partial charge in [0.05, 0.1) is 16.3 Å². The maximum Gasteiger partial charge on any atom is 0.410 e. The van der Waals surface area contributed by atoms with Crippen LogP contribution in [-0.2, 0) is 21.4 Å². The van der Waals surface area contributed by atoms with Gasteiger partial charge in [-0.2, -0.15) is 10.2 Å². The quantitative estimate of drug-likeness (QED) is 0.129. The maximum absolute atomic E-state index is 15.1. The van der Waals surface area contributed by atoms with E-state index in [4.69, 9.17) is 21.1 Å². The van der Waals surface area contributed by atoms with Crippen molar-refractivity contribution in [3.8, 4) is 11.9 Å². The summed E-state index contributed by atoms with van der Waals surface area (Å²) < 4.78 is 26.5. The lowest BCUT2D eigenvalue weighted by Gasteiger charge is -2.43. The molecule has 1 spiro atoms. The molecule has 2 aromatic rings. The number of halogens is 2. The monoisotopic (exact) mass is 670 g/mol. The van der Waals surface area contributed by atoms with E-state index in [9.17, 15) is 30.2 Å². The molecule has 3 unspecified atom stereocenters. The number of amides is 1. The van der Waals surface area contributed by atoms with Crippen molar-refractivity contribution in [2.45, 2.75) is 102 Å². The van der Waals surface area contributed by atoms with Gasteiger partial charge in [-0.05, 0) is 77.3 Å². The summed E-state index contributed by atoms with van der Waals surface area (Å²) in [6.07, 6.45) is -0.203. The van der Waals surface area contributed by atoms with Crippen molar-refractivity contribution in [1.29, 1.82) is 5.26 Å². The molecule has 1 amide bonds. The zero-order chi connectivity index (χ0) is 34.3. The van der Waals surface area contributed by atoms with Crippen LogP contribution in [-0.4, -0.2) is 73.0 Å². The van der Waals surface area contributed by atoms with Crippen LogP contribution < -0.4 is 4.74 Å². The predicted octanol–water partition coefficient (Wildman–Crippen LogP) is 5.85. The highest BCUT2D eigenvalue weighted by molar-refractivity contribution is 6.29. The molecule has 2 aliphatic carbocycles. The van der Waals surface area contributed by atoms with Gasteiger partial charge in [-0.3, -0.25) is 19.8 Å². The van der Waals surface area contributed by atoms with Crippen LogP contribution in [0.1, 0.15) is 88.7 Å². The summed E-state index contributed by atoms with van der Waals surface area (Å²) in [7, 11) is 0. The van der Waals surface area contributed by atoms with Gasteiger partial charge < -0.3 is 14.7 Å². The Morgan fingerprint density at radius 3 is 2.68 bits per heavy atom. The number of ether oxygens (including phenoxy) is 2. The lowest BCUT2D eigenvalue weighted by atomic mass is 9.57. The number of Topliss-reactive ketones (excluding diaryl/α,β-unsaturated/α-hetero) is 1. The number of alkyl halides is 1. The Hall–Kier alpha value is -4.38. The van der Waals surface area contributed by atoms with E-state index in [1.165, 1.54) is 17.0 Å². The van der Waals surface area contributed by atoms with E-state index in [1.54, 1.807) is 33.8 Å². The predicted molar refractivity (Wildman–Crippen MR) is 166 cm³/mol. The molecular formula is C32H36ClFN6O7. The molecule has 2 heterocycles. The number of carbonyl (C=O) groups is 2. The Bertz CT molecular complexity index is 1670. The number of hydrogen-bond donors (Lipinski definition) is 1. The number of fused-ring (bicyclic) bond motifs is 2. The fraction of sp³-hybridized carbons (Fsp3) is 0.562. The minimum atomic E-state index is -1.40. The van der Waals surface area contributed by atoms with Crippen LogP contribution in [0.2, 0.25) is 5.15 Å². The third-order valence-electron chi connectivity index (χ3n) is 9.12. The number of aromatic nitrogens is 2. The van der Waals surface area contributed by atoms with Crippen molar-refractivity contribution < 1.29 is 33.6 Å². The summed E-state index contributed by atoms with van der Waals surface area (Å²) in [4.78, 5) is 48.3. The second-order valence-corrected chi connectivity index (χ2v) is 13.6. The van der Waals surface area contributed by atoms with E-state index in [-0.39, 0.29) is 59.0 Å². The Balaban J connectivity index is 1.45. The summed E-state index contributed by atoms with van der Waals surface area (Å²) in [6, 6.07) is 5.18. The SMILES string of the molecule is CC(Oc1cc(Cl)nc(/C(=N\O)C2CCCC3(CCCc4ccc([N+](=O)[O-])c(C#N)c43)C2=O)n1)[C@@H]1[C@@H](F)CCN1C(=O)OC(C)(C)C. The summed E-state index contributed by atoms with van der Waals surface area (Å²) >= 11 is 6.33. The van der Waals surface area contributed by atoms with Crippen LogP contribution >= 0.6 is 11.6 Å². The number of rotatable bonds is 6. The molecule has 1 N–H and O–H groups in total. The molecule has 0 bridgehead atoms. The first-order chi connectivity index (χ1) is 22.2. The smallest absolute Gasteiger partial charge is 0.410 e. The third kappa shape index (κ3) is 6.45. The Morgan fingerprint density at radius 1 is 1.30 bits per heavy atom. The number of oxime groups is 1. The van der Waals surface area contributed by atoms with E-state index in [2.05, 4.69) is 15.1 Å². The number of nitrogens with zero attached hydrogens (tertiary/aromatic N) is 6. The molecule has 1 aromatic heterocycles. The highest BCUT2D eigenvalue weighted by atomic mass is 35.5. The van der Waals surface area contributed by atoms with Crippen molar-refractivity contribution in [3.63, 3.8) is 0 Å². The molecule has 250 valence electrons. The van der Waals surface area contributed by atoms with Crippen molar-refractivity contribution >= 4 is 34.9 Å². The molecule has 5 atom stereocenters. The largest absolute Gasteiger partial charge is 0.472 e. The number of nitro benzene ring substituents is 1. The summed E-state index contributed by atoms with van der Waals surface area (Å²) in [6.45, 7) is 6.86. The molecule has 1 aromatic carbocycles. The number of aryl methyl sites for hydroxylation is 1. The second kappa shape index (κ2) is 13.0. The van der Waals surface area contributed by atoms with Crippen molar-refractivity contribution in [3.05, 3.63) is 56.0 Å². The van der Waals surface area contributed by atoms with Gasteiger partial charge in [0.15, 0.2) is 11.6 Å². The number of nitriles is 1. The number of ketones is 1. The molecular weight excluding hydrogens is 635 g/mol. The minimum absolute atomic E-state index is 0.0970. The molecule has 47 heavy (non-hydrogen) atoms. The zero-order valence-corrected chi connectivity index (χ0v) is 27.3. The van der Waals surface area contributed by atoms with Crippen LogP contribution in [0.3, 0.4) is 0 Å². The minimum Gasteiger partial charge on any atom is -0.472 e. The van der Waals surface area contributed by atoms with Crippen molar-refractivity contribution in [2.75, 3.05) is 6.54 Å². The summed E-state index contributed by atoms with van der Waals surface area (Å²) in [5.74, 6) is -1.67. The van der Waals surface area contributed by atoms with Crippen LogP contribution in [0.4, 0.5) is 14.9 Å². The maximum atomic E-state index is 15.1. The summed E-state index contributed by atoms with van der Waals surface area (Å²) in [5, 5.41) is 35.4. The Labute approximate surface area is 275 Å². The number of hydrogen-bond acceptors (Lipinski definition) is 11. The highest BCUT2D eigenvalue weighted by Crippen LogP contribution is 2.50. The first kappa shape index (κ1) is 34.0. The van der Waals surface area contributed by atoms with Gasteiger partial charge in [0.2, 0.25) is 5.88 Å². The van der Waals surface area contributed by atoms with Gasteiger partial charge in [-0.1, -0.05) is 29.2 Å². The molecule has 13 nitrogen and oxygen atoms in total. The van der Waals surface area contributed by atoms with Gasteiger partial charge in [-0.25, -0.2) is 14.2 Å². The second-order valence-electron chi connectivity index (χ2n) is 13.2. The van der Waals surface area contributed by atoms with Crippen LogP contribution in [0.15, 0.2) is 23.4 Å². The molecule has 1 saturated heterocycles.